The molecule has 0 amide bonds. The summed E-state index contributed by atoms with van der Waals surface area (Å²) in [7, 11) is 9.40. The van der Waals surface area contributed by atoms with Crippen molar-refractivity contribution in [1.29, 1.82) is 0 Å². The number of H-pyrrole nitrogens is 1. The van der Waals surface area contributed by atoms with E-state index in [2.05, 4.69) is 39.2 Å². The van der Waals surface area contributed by atoms with Gasteiger partial charge in [0, 0.05) is 17.0 Å². The van der Waals surface area contributed by atoms with Crippen LogP contribution in [0.5, 0.6) is 0 Å². The molecule has 0 unspecified atom stereocenters. The molecule has 5 rings (SSSR count). The number of para-hydroxylation sites is 2. The molecule has 3 aromatic heterocycles. The van der Waals surface area contributed by atoms with Crippen LogP contribution in [0.3, 0.4) is 0 Å². The zero-order chi connectivity index (χ0) is 17.9. The minimum Gasteiger partial charge on any atom is -0.337 e. The first kappa shape index (κ1) is 17.2. The molecule has 2 aromatic carbocycles. The summed E-state index contributed by atoms with van der Waals surface area (Å²) in [5.41, 5.74) is 4.61. The van der Waals surface area contributed by atoms with Crippen molar-refractivity contribution in [2.45, 2.75) is 0 Å². The quantitative estimate of drug-likeness (QED) is 0.277. The molecular weight excluding hydrogens is 414 g/mol. The standard InChI is InChI=1S/C19H12N4.2ClH.Ni/c1-2-6-15-14(5-1)22-19(23-15)16-10-9-13-8-7-12-4-3-11-20-17(12)18(13)21-16;;;/h1-11H,(H,22,23);2*1H;/q;;;+2/p-2. The summed E-state index contributed by atoms with van der Waals surface area (Å²) in [5.74, 6) is 0.779. The molecule has 0 fully saturated rings. The fourth-order valence-electron chi connectivity index (χ4n) is 2.93. The first-order chi connectivity index (χ1) is 12.8. The maximum absolute atomic E-state index is 4.81. The van der Waals surface area contributed by atoms with Gasteiger partial charge in [-0.3, -0.25) is 4.98 Å². The van der Waals surface area contributed by atoms with E-state index in [0.29, 0.717) is 12.7 Å². The normalized spacial score (nSPS) is 11.0. The summed E-state index contributed by atoms with van der Waals surface area (Å²) in [6, 6.07) is 20.2. The Kier molecular flexibility index (Phi) is 5.03. The van der Waals surface area contributed by atoms with Gasteiger partial charge in [0.05, 0.1) is 22.1 Å². The van der Waals surface area contributed by atoms with Gasteiger partial charge in [-0.05, 0) is 24.3 Å². The Hall–Kier alpha value is -2.20. The predicted molar refractivity (Wildman–Crippen MR) is 104 cm³/mol. The van der Waals surface area contributed by atoms with Crippen LogP contribution in [-0.2, 0) is 12.7 Å². The minimum atomic E-state index is 0.569. The number of hydrogen-bond acceptors (Lipinski definition) is 3. The average molecular weight is 426 g/mol. The van der Waals surface area contributed by atoms with Crippen LogP contribution in [0.25, 0.3) is 44.4 Å². The third-order valence-corrected chi connectivity index (χ3v) is 4.06. The summed E-state index contributed by atoms with van der Waals surface area (Å²) < 4.78 is 0. The van der Waals surface area contributed by atoms with Crippen molar-refractivity contribution in [2.75, 3.05) is 0 Å². The Morgan fingerprint density at radius 1 is 0.769 bits per heavy atom. The third-order valence-electron chi connectivity index (χ3n) is 4.06. The van der Waals surface area contributed by atoms with Crippen molar-refractivity contribution in [3.05, 3.63) is 66.9 Å². The van der Waals surface area contributed by atoms with Crippen LogP contribution >= 0.6 is 20.4 Å². The van der Waals surface area contributed by atoms with Gasteiger partial charge in [-0.2, -0.15) is 0 Å². The van der Waals surface area contributed by atoms with Crippen molar-refractivity contribution in [3.8, 4) is 11.5 Å². The number of aromatic nitrogens is 4. The average Bonchev–Trinajstić information content (AvgIpc) is 3.12. The second kappa shape index (κ2) is 7.59. The molecule has 0 aliphatic heterocycles. The van der Waals surface area contributed by atoms with Gasteiger partial charge in [-0.1, -0.05) is 36.4 Å². The van der Waals surface area contributed by atoms with E-state index in [1.165, 1.54) is 0 Å². The molecule has 0 bridgehead atoms. The Balaban J connectivity index is 0.000000527. The van der Waals surface area contributed by atoms with Crippen molar-refractivity contribution < 1.29 is 12.7 Å². The number of fused-ring (bicyclic) bond motifs is 4. The summed E-state index contributed by atoms with van der Waals surface area (Å²) in [6.07, 6.45) is 1.80. The fraction of sp³-hybridized carbons (Fsp3) is 0. The second-order valence-electron chi connectivity index (χ2n) is 5.56. The molecule has 0 atom stereocenters. The zero-order valence-corrected chi connectivity index (χ0v) is 15.8. The zero-order valence-electron chi connectivity index (χ0n) is 13.3. The molecule has 7 heteroatoms. The number of rotatable bonds is 1. The molecule has 1 N–H and O–H groups in total. The maximum Gasteiger partial charge on any atom is 0.157 e. The minimum absolute atomic E-state index is 0.569. The van der Waals surface area contributed by atoms with E-state index in [-0.39, 0.29) is 0 Å². The molecule has 26 heavy (non-hydrogen) atoms. The van der Waals surface area contributed by atoms with Crippen LogP contribution in [0.15, 0.2) is 66.9 Å². The number of aromatic amines is 1. The van der Waals surface area contributed by atoms with Crippen LogP contribution in [0.2, 0.25) is 0 Å². The van der Waals surface area contributed by atoms with Crippen LogP contribution in [0, 0.1) is 0 Å². The van der Waals surface area contributed by atoms with Gasteiger partial charge < -0.3 is 4.98 Å². The Bertz CT molecular complexity index is 1170. The topological polar surface area (TPSA) is 54.5 Å². The molecule has 0 aliphatic rings. The molecule has 5 aromatic rings. The molecular formula is C19H12Cl2N4Ni. The van der Waals surface area contributed by atoms with Crippen LogP contribution in [0.1, 0.15) is 0 Å². The monoisotopic (exact) mass is 424 g/mol. The first-order valence-electron chi connectivity index (χ1n) is 7.72. The largest absolute Gasteiger partial charge is 0.337 e. The summed E-state index contributed by atoms with van der Waals surface area (Å²) in [4.78, 5) is 17.3. The molecule has 0 aliphatic carbocycles. The van der Waals surface area contributed by atoms with Gasteiger partial charge >= 0.3 is 33.0 Å². The Morgan fingerprint density at radius 3 is 2.31 bits per heavy atom. The van der Waals surface area contributed by atoms with E-state index in [9.17, 15) is 0 Å². The summed E-state index contributed by atoms with van der Waals surface area (Å²) >= 11 is 0.569. The van der Waals surface area contributed by atoms with Gasteiger partial charge in [0.1, 0.15) is 5.69 Å². The van der Waals surface area contributed by atoms with Gasteiger partial charge in [-0.15, -0.1) is 0 Å². The molecule has 0 spiro atoms. The Labute approximate surface area is 163 Å². The van der Waals surface area contributed by atoms with E-state index >= 15 is 0 Å². The molecule has 132 valence electrons. The van der Waals surface area contributed by atoms with Crippen LogP contribution in [-0.4, -0.2) is 19.9 Å². The van der Waals surface area contributed by atoms with E-state index in [4.69, 9.17) is 25.4 Å². The van der Waals surface area contributed by atoms with Crippen molar-refractivity contribution in [1.82, 2.24) is 19.9 Å². The number of hydrogen-bond donors (Lipinski definition) is 1. The van der Waals surface area contributed by atoms with Crippen LogP contribution < -0.4 is 0 Å². The van der Waals surface area contributed by atoms with E-state index in [1.807, 2.05) is 36.4 Å². The smallest absolute Gasteiger partial charge is 0.157 e. The number of pyridine rings is 2. The van der Waals surface area contributed by atoms with Crippen LogP contribution in [0.4, 0.5) is 0 Å². The SMILES string of the molecule is [Cl][Ni][Cl].c1cnc2c(c1)ccc1ccc(-c3nc4ccccc4[nH]3)nc12. The Morgan fingerprint density at radius 2 is 1.50 bits per heavy atom. The number of imidazole rings is 1. The number of halogens is 2. The number of nitrogens with zero attached hydrogens (tertiary/aromatic N) is 3. The van der Waals surface area contributed by atoms with E-state index < -0.39 is 0 Å². The second-order valence-corrected chi connectivity index (χ2v) is 7.19. The van der Waals surface area contributed by atoms with Gasteiger partial charge in [0.2, 0.25) is 0 Å². The van der Waals surface area contributed by atoms with E-state index in [1.54, 1.807) is 6.20 Å². The van der Waals surface area contributed by atoms with Gasteiger partial charge in [0.25, 0.3) is 0 Å². The molecule has 4 nitrogen and oxygen atoms in total. The predicted octanol–water partition coefficient (Wildman–Crippen LogP) is 5.70. The van der Waals surface area contributed by atoms with Gasteiger partial charge in [0.15, 0.2) is 5.82 Å². The summed E-state index contributed by atoms with van der Waals surface area (Å²) in [6.45, 7) is 0. The molecule has 0 saturated heterocycles. The number of benzene rings is 2. The fourth-order valence-corrected chi connectivity index (χ4v) is 2.93. The van der Waals surface area contributed by atoms with Crippen molar-refractivity contribution >= 4 is 53.2 Å². The maximum atomic E-state index is 4.81. The number of nitrogens with one attached hydrogen (secondary N) is 1. The molecule has 0 saturated carbocycles. The van der Waals surface area contributed by atoms with E-state index in [0.717, 1.165) is 44.4 Å². The van der Waals surface area contributed by atoms with Gasteiger partial charge in [-0.25, -0.2) is 9.97 Å². The molecule has 3 heterocycles. The molecule has 0 radical (unpaired) electrons. The third kappa shape index (κ3) is 3.26. The van der Waals surface area contributed by atoms with Crippen molar-refractivity contribution in [2.24, 2.45) is 0 Å². The van der Waals surface area contributed by atoms with Crippen molar-refractivity contribution in [3.63, 3.8) is 0 Å². The summed E-state index contributed by atoms with van der Waals surface area (Å²) in [5, 5.41) is 2.17. The first-order valence-corrected chi connectivity index (χ1v) is 10.4.